The van der Waals surface area contributed by atoms with Crippen molar-refractivity contribution in [2.45, 2.75) is 32.5 Å². The normalized spacial score (nSPS) is 13.9. The highest BCUT2D eigenvalue weighted by atomic mass is 35.5. The van der Waals surface area contributed by atoms with Crippen molar-refractivity contribution in [3.05, 3.63) is 35.4 Å². The SMILES string of the molecule is CNC(C)CNC(=O)C(C)Cc1ccc(C(F)(F)F)cc1.Cl. The fraction of sp³-hybridized carbons (Fsp3) is 0.533. The second-order valence-electron chi connectivity index (χ2n) is 5.23. The van der Waals surface area contributed by atoms with Crippen LogP contribution in [-0.4, -0.2) is 25.5 Å². The molecule has 0 bridgehead atoms. The summed E-state index contributed by atoms with van der Waals surface area (Å²) in [7, 11) is 1.81. The highest BCUT2D eigenvalue weighted by Gasteiger charge is 2.30. The molecular formula is C15H22ClF3N2O. The van der Waals surface area contributed by atoms with E-state index in [0.29, 0.717) is 18.5 Å². The van der Waals surface area contributed by atoms with Gasteiger partial charge in [0.25, 0.3) is 0 Å². The Morgan fingerprint density at radius 3 is 2.18 bits per heavy atom. The van der Waals surface area contributed by atoms with E-state index in [1.807, 2.05) is 14.0 Å². The fourth-order valence-corrected chi connectivity index (χ4v) is 1.81. The number of amides is 1. The topological polar surface area (TPSA) is 41.1 Å². The Bertz CT molecular complexity index is 463. The molecule has 0 fully saturated rings. The Kier molecular flexibility index (Phi) is 8.48. The number of nitrogens with one attached hydrogen (secondary N) is 2. The first kappa shape index (κ1) is 20.7. The molecule has 0 heterocycles. The van der Waals surface area contributed by atoms with Crippen LogP contribution >= 0.6 is 12.4 Å². The Balaban J connectivity index is 0.00000441. The van der Waals surface area contributed by atoms with E-state index in [4.69, 9.17) is 0 Å². The predicted molar refractivity (Wildman–Crippen MR) is 83.1 cm³/mol. The Morgan fingerprint density at radius 1 is 1.18 bits per heavy atom. The number of hydrogen-bond acceptors (Lipinski definition) is 2. The van der Waals surface area contributed by atoms with Crippen LogP contribution in [-0.2, 0) is 17.4 Å². The zero-order valence-electron chi connectivity index (χ0n) is 12.8. The van der Waals surface area contributed by atoms with Crippen molar-refractivity contribution >= 4 is 18.3 Å². The lowest BCUT2D eigenvalue weighted by molar-refractivity contribution is -0.137. The molecule has 0 saturated carbocycles. The minimum absolute atomic E-state index is 0. The molecule has 126 valence electrons. The molecule has 2 atom stereocenters. The molecule has 1 amide bonds. The molecule has 0 aromatic heterocycles. The van der Waals surface area contributed by atoms with Gasteiger partial charge in [-0.2, -0.15) is 13.2 Å². The summed E-state index contributed by atoms with van der Waals surface area (Å²) in [4.78, 5) is 11.9. The van der Waals surface area contributed by atoms with Gasteiger partial charge in [-0.05, 0) is 38.1 Å². The highest BCUT2D eigenvalue weighted by molar-refractivity contribution is 5.85. The molecule has 3 nitrogen and oxygen atoms in total. The van der Waals surface area contributed by atoms with Gasteiger partial charge in [0.15, 0.2) is 0 Å². The third-order valence-corrected chi connectivity index (χ3v) is 3.35. The number of likely N-dealkylation sites (N-methyl/N-ethyl adjacent to an activating group) is 1. The molecule has 0 spiro atoms. The maximum absolute atomic E-state index is 12.4. The smallest absolute Gasteiger partial charge is 0.354 e. The summed E-state index contributed by atoms with van der Waals surface area (Å²) in [5, 5.41) is 5.82. The molecule has 0 aliphatic rings. The Hall–Kier alpha value is -1.27. The minimum atomic E-state index is -4.33. The summed E-state index contributed by atoms with van der Waals surface area (Å²) < 4.78 is 37.3. The molecule has 1 rings (SSSR count). The average Bonchev–Trinajstić information content (AvgIpc) is 2.43. The van der Waals surface area contributed by atoms with E-state index < -0.39 is 11.7 Å². The number of hydrogen-bond donors (Lipinski definition) is 2. The molecule has 1 aromatic carbocycles. The number of rotatable bonds is 6. The summed E-state index contributed by atoms with van der Waals surface area (Å²) in [5.41, 5.74) is 0.0403. The lowest BCUT2D eigenvalue weighted by Gasteiger charge is -2.15. The number of carbonyl (C=O) groups excluding carboxylic acids is 1. The quantitative estimate of drug-likeness (QED) is 0.837. The van der Waals surface area contributed by atoms with Gasteiger partial charge in [-0.1, -0.05) is 19.1 Å². The molecule has 7 heteroatoms. The van der Waals surface area contributed by atoms with Crippen LogP contribution in [0, 0.1) is 5.92 Å². The largest absolute Gasteiger partial charge is 0.416 e. The summed E-state index contributed by atoms with van der Waals surface area (Å²) >= 11 is 0. The van der Waals surface area contributed by atoms with E-state index in [1.165, 1.54) is 12.1 Å². The molecule has 22 heavy (non-hydrogen) atoms. The van der Waals surface area contributed by atoms with Crippen molar-refractivity contribution < 1.29 is 18.0 Å². The molecule has 0 saturated heterocycles. The van der Waals surface area contributed by atoms with Gasteiger partial charge in [0.1, 0.15) is 0 Å². The van der Waals surface area contributed by atoms with Crippen LogP contribution in [0.1, 0.15) is 25.0 Å². The lowest BCUT2D eigenvalue weighted by Crippen LogP contribution is -2.39. The van der Waals surface area contributed by atoms with Crippen LogP contribution in [0.2, 0.25) is 0 Å². The number of carbonyl (C=O) groups is 1. The predicted octanol–water partition coefficient (Wildman–Crippen LogP) is 3.03. The summed E-state index contributed by atoms with van der Waals surface area (Å²) in [5.74, 6) is -0.386. The van der Waals surface area contributed by atoms with Crippen LogP contribution in [0.4, 0.5) is 13.2 Å². The number of benzene rings is 1. The molecule has 2 N–H and O–H groups in total. The first-order chi connectivity index (χ1) is 9.74. The monoisotopic (exact) mass is 338 g/mol. The Labute approximate surface area is 135 Å². The lowest BCUT2D eigenvalue weighted by atomic mass is 9.99. The first-order valence-electron chi connectivity index (χ1n) is 6.85. The maximum atomic E-state index is 12.4. The molecule has 1 aromatic rings. The van der Waals surface area contributed by atoms with Crippen LogP contribution < -0.4 is 10.6 Å². The summed E-state index contributed by atoms with van der Waals surface area (Å²) in [6.45, 7) is 4.23. The van der Waals surface area contributed by atoms with E-state index in [2.05, 4.69) is 10.6 Å². The van der Waals surface area contributed by atoms with Gasteiger partial charge < -0.3 is 10.6 Å². The summed E-state index contributed by atoms with van der Waals surface area (Å²) in [6, 6.07) is 5.10. The minimum Gasteiger partial charge on any atom is -0.354 e. The highest BCUT2D eigenvalue weighted by Crippen LogP contribution is 2.29. The second kappa shape index (κ2) is 9.00. The van der Waals surface area contributed by atoms with Gasteiger partial charge >= 0.3 is 6.18 Å². The number of halogens is 4. The van der Waals surface area contributed by atoms with Gasteiger partial charge in [-0.3, -0.25) is 4.79 Å². The third-order valence-electron chi connectivity index (χ3n) is 3.35. The van der Waals surface area contributed by atoms with E-state index in [9.17, 15) is 18.0 Å². The molecule has 2 unspecified atom stereocenters. The van der Waals surface area contributed by atoms with E-state index >= 15 is 0 Å². The van der Waals surface area contributed by atoms with Crippen molar-refractivity contribution in [3.8, 4) is 0 Å². The van der Waals surface area contributed by atoms with Gasteiger partial charge in [-0.15, -0.1) is 12.4 Å². The van der Waals surface area contributed by atoms with Gasteiger partial charge in [0.2, 0.25) is 5.91 Å². The zero-order valence-corrected chi connectivity index (χ0v) is 13.6. The van der Waals surface area contributed by atoms with Gasteiger partial charge in [0.05, 0.1) is 5.56 Å². The van der Waals surface area contributed by atoms with Crippen LogP contribution in [0.5, 0.6) is 0 Å². The van der Waals surface area contributed by atoms with Crippen molar-refractivity contribution in [1.29, 1.82) is 0 Å². The van der Waals surface area contributed by atoms with Crippen molar-refractivity contribution in [1.82, 2.24) is 10.6 Å². The maximum Gasteiger partial charge on any atom is 0.416 e. The van der Waals surface area contributed by atoms with Crippen LogP contribution in [0.3, 0.4) is 0 Å². The molecule has 0 aliphatic heterocycles. The Morgan fingerprint density at radius 2 is 1.73 bits per heavy atom. The van der Waals surface area contributed by atoms with Crippen molar-refractivity contribution in [3.63, 3.8) is 0 Å². The standard InChI is InChI=1S/C15H21F3N2O.ClH/c1-10(14(21)20-9-11(2)19-3)8-12-4-6-13(7-5-12)15(16,17)18;/h4-7,10-11,19H,8-9H2,1-3H3,(H,20,21);1H. The third kappa shape index (κ3) is 6.66. The molecule has 0 radical (unpaired) electrons. The van der Waals surface area contributed by atoms with Crippen molar-refractivity contribution in [2.75, 3.05) is 13.6 Å². The second-order valence-corrected chi connectivity index (χ2v) is 5.23. The molecule has 0 aliphatic carbocycles. The average molecular weight is 339 g/mol. The first-order valence-corrected chi connectivity index (χ1v) is 6.85. The summed E-state index contributed by atoms with van der Waals surface area (Å²) in [6.07, 6.45) is -3.91. The zero-order chi connectivity index (χ0) is 16.0. The van der Waals surface area contributed by atoms with Crippen LogP contribution in [0.25, 0.3) is 0 Å². The fourth-order valence-electron chi connectivity index (χ4n) is 1.81. The van der Waals surface area contributed by atoms with E-state index in [0.717, 1.165) is 12.1 Å². The van der Waals surface area contributed by atoms with Crippen LogP contribution in [0.15, 0.2) is 24.3 Å². The number of alkyl halides is 3. The van der Waals surface area contributed by atoms with E-state index in [-0.39, 0.29) is 30.3 Å². The van der Waals surface area contributed by atoms with Gasteiger partial charge in [-0.25, -0.2) is 0 Å². The molecular weight excluding hydrogens is 317 g/mol. The van der Waals surface area contributed by atoms with Gasteiger partial charge in [0, 0.05) is 18.5 Å². The van der Waals surface area contributed by atoms with Crippen molar-refractivity contribution in [2.24, 2.45) is 5.92 Å². The van der Waals surface area contributed by atoms with E-state index in [1.54, 1.807) is 6.92 Å².